The van der Waals surface area contributed by atoms with Crippen molar-refractivity contribution in [2.24, 2.45) is 0 Å². The van der Waals surface area contributed by atoms with Crippen LogP contribution in [0, 0.1) is 0 Å². The number of nitrogens with zero attached hydrogens (tertiary/aromatic N) is 3. The Hall–Kier alpha value is -2.37. The lowest BCUT2D eigenvalue weighted by atomic mass is 10.1. The molecule has 3 saturated heterocycles. The van der Waals surface area contributed by atoms with E-state index in [1.165, 1.54) is 0 Å². The van der Waals surface area contributed by atoms with E-state index >= 15 is 0 Å². The van der Waals surface area contributed by atoms with Crippen LogP contribution in [-0.2, 0) is 28.4 Å². The number of rotatable bonds is 9. The second-order valence-electron chi connectivity index (χ2n) is 8.98. The number of esters is 1. The maximum absolute atomic E-state index is 12.2. The molecule has 0 spiro atoms. The maximum Gasteiger partial charge on any atom is 0.356 e. The lowest BCUT2D eigenvalue weighted by Crippen LogP contribution is -2.38. The molecule has 0 N–H and O–H groups in total. The van der Waals surface area contributed by atoms with Crippen LogP contribution in [0.3, 0.4) is 0 Å². The van der Waals surface area contributed by atoms with E-state index in [4.69, 9.17) is 28.4 Å². The molecule has 0 aromatic carbocycles. The van der Waals surface area contributed by atoms with Gasteiger partial charge in [-0.05, 0) is 31.9 Å². The highest BCUT2D eigenvalue weighted by atomic mass is 16.6. The monoisotopic (exact) mass is 487 g/mol. The van der Waals surface area contributed by atoms with Crippen molar-refractivity contribution in [1.82, 2.24) is 9.97 Å². The molecule has 5 rings (SSSR count). The Labute approximate surface area is 204 Å². The van der Waals surface area contributed by atoms with Gasteiger partial charge in [-0.1, -0.05) is 0 Å². The van der Waals surface area contributed by atoms with Gasteiger partial charge in [-0.2, -0.15) is 0 Å². The summed E-state index contributed by atoms with van der Waals surface area (Å²) >= 11 is 0. The van der Waals surface area contributed by atoms with Gasteiger partial charge in [0.25, 0.3) is 0 Å². The molecule has 3 fully saturated rings. The fourth-order valence-corrected chi connectivity index (χ4v) is 5.03. The second kappa shape index (κ2) is 11.1. The van der Waals surface area contributed by atoms with Crippen molar-refractivity contribution < 1.29 is 33.2 Å². The van der Waals surface area contributed by atoms with Gasteiger partial charge in [-0.25, -0.2) is 9.78 Å². The van der Waals surface area contributed by atoms with Crippen LogP contribution in [0.4, 0.5) is 5.69 Å². The molecule has 4 atom stereocenters. The van der Waals surface area contributed by atoms with E-state index in [2.05, 4.69) is 14.9 Å². The van der Waals surface area contributed by atoms with Gasteiger partial charge in [0.15, 0.2) is 0 Å². The molecular formula is C25H33N3O7. The second-order valence-corrected chi connectivity index (χ2v) is 8.98. The normalized spacial score (nSPS) is 26.9. The number of carbonyl (C=O) groups excluding carboxylic acids is 1. The third-order valence-electron chi connectivity index (χ3n) is 6.88. The number of aromatic nitrogens is 2. The lowest BCUT2D eigenvalue weighted by molar-refractivity contribution is -0.0670. The van der Waals surface area contributed by atoms with Gasteiger partial charge in [0.05, 0.1) is 56.5 Å². The first-order chi connectivity index (χ1) is 17.2. The highest BCUT2D eigenvalue weighted by molar-refractivity contribution is 5.95. The zero-order chi connectivity index (χ0) is 24.2. The summed E-state index contributed by atoms with van der Waals surface area (Å²) in [6.07, 6.45) is 5.35. The number of anilines is 1. The minimum absolute atomic E-state index is 0.0149. The van der Waals surface area contributed by atoms with Crippen LogP contribution < -0.4 is 4.90 Å². The molecule has 3 aliphatic rings. The van der Waals surface area contributed by atoms with Crippen molar-refractivity contribution in [2.75, 3.05) is 58.1 Å². The fraction of sp³-hybridized carbons (Fsp3) is 0.640. The third-order valence-corrected chi connectivity index (χ3v) is 6.88. The fourth-order valence-electron chi connectivity index (χ4n) is 5.03. The Morgan fingerprint density at radius 1 is 1.06 bits per heavy atom. The van der Waals surface area contributed by atoms with Crippen molar-refractivity contribution in [1.29, 1.82) is 0 Å². The first kappa shape index (κ1) is 24.3. The van der Waals surface area contributed by atoms with Crippen LogP contribution >= 0.6 is 0 Å². The molecule has 2 aromatic rings. The van der Waals surface area contributed by atoms with Gasteiger partial charge in [0.2, 0.25) is 0 Å². The van der Waals surface area contributed by atoms with E-state index in [-0.39, 0.29) is 30.5 Å². The van der Waals surface area contributed by atoms with Crippen LogP contribution in [0.15, 0.2) is 24.5 Å². The molecule has 0 saturated carbocycles. The summed E-state index contributed by atoms with van der Waals surface area (Å²) < 4.78 is 34.2. The molecule has 35 heavy (non-hydrogen) atoms. The summed E-state index contributed by atoms with van der Waals surface area (Å²) in [6, 6.07) is 3.55. The van der Waals surface area contributed by atoms with Crippen molar-refractivity contribution in [2.45, 2.75) is 50.3 Å². The van der Waals surface area contributed by atoms with E-state index in [9.17, 15) is 4.79 Å². The van der Waals surface area contributed by atoms with Gasteiger partial charge in [0.1, 0.15) is 30.1 Å². The number of piperidine rings is 1. The molecule has 5 heterocycles. The number of hydrogen-bond donors (Lipinski definition) is 0. The van der Waals surface area contributed by atoms with Crippen molar-refractivity contribution in [3.63, 3.8) is 0 Å². The summed E-state index contributed by atoms with van der Waals surface area (Å²) in [7, 11) is 1.68. The Kier molecular flexibility index (Phi) is 7.74. The summed E-state index contributed by atoms with van der Waals surface area (Å²) in [5.74, 6) is -0.413. The molecule has 0 radical (unpaired) electrons. The van der Waals surface area contributed by atoms with Crippen LogP contribution in [0.25, 0.3) is 10.9 Å². The van der Waals surface area contributed by atoms with Crippen LogP contribution in [0.1, 0.15) is 30.3 Å². The number of carbonyl (C=O) groups is 1. The molecule has 190 valence electrons. The number of pyridine rings is 2. The summed E-state index contributed by atoms with van der Waals surface area (Å²) in [5, 5.41) is 0.896. The highest BCUT2D eigenvalue weighted by Crippen LogP contribution is 2.30. The Morgan fingerprint density at radius 2 is 1.80 bits per heavy atom. The molecular weight excluding hydrogens is 454 g/mol. The largest absolute Gasteiger partial charge is 0.461 e. The Morgan fingerprint density at radius 3 is 2.57 bits per heavy atom. The van der Waals surface area contributed by atoms with Crippen molar-refractivity contribution in [3.8, 4) is 0 Å². The zero-order valence-electron chi connectivity index (χ0n) is 20.3. The smallest absolute Gasteiger partial charge is 0.356 e. The van der Waals surface area contributed by atoms with E-state index in [1.54, 1.807) is 26.3 Å². The summed E-state index contributed by atoms with van der Waals surface area (Å²) in [4.78, 5) is 23.4. The molecule has 10 heteroatoms. The van der Waals surface area contributed by atoms with Crippen LogP contribution in [0.2, 0.25) is 0 Å². The minimum Gasteiger partial charge on any atom is -0.461 e. The molecule has 2 unspecified atom stereocenters. The quantitative estimate of drug-likeness (QED) is 0.385. The van der Waals surface area contributed by atoms with Crippen LogP contribution in [0.5, 0.6) is 0 Å². The summed E-state index contributed by atoms with van der Waals surface area (Å²) in [5.41, 5.74) is 2.00. The SMILES string of the molecule is CCOC(=O)c1ccc2cncc(N3CCC(OCCO[C@@H]4COC5C4OC[C@H]5OC)CC3)c2n1. The maximum atomic E-state index is 12.2. The van der Waals surface area contributed by atoms with Crippen molar-refractivity contribution >= 4 is 22.6 Å². The zero-order valence-corrected chi connectivity index (χ0v) is 20.3. The van der Waals surface area contributed by atoms with Gasteiger partial charge in [-0.3, -0.25) is 4.98 Å². The molecule has 0 amide bonds. The Balaban J connectivity index is 1.10. The average Bonchev–Trinajstić information content (AvgIpc) is 3.49. The third kappa shape index (κ3) is 5.26. The topological polar surface area (TPSA) is 101 Å². The van der Waals surface area contributed by atoms with Gasteiger partial charge in [-0.15, -0.1) is 0 Å². The molecule has 0 bridgehead atoms. The predicted molar refractivity (Wildman–Crippen MR) is 127 cm³/mol. The minimum atomic E-state index is -0.413. The standard InChI is InChI=1S/C25H33N3O7/c1-3-31-25(29)18-5-4-16-12-26-13-19(22(16)27-18)28-8-6-17(7-9-28)32-10-11-33-21-15-35-23-20(30-2)14-34-24(21)23/h4-5,12-13,17,20-21,23-24H,3,6-11,14-15H2,1-2H3/t20-,21-,23?,24?/m1/s1. The lowest BCUT2D eigenvalue weighted by Gasteiger charge is -2.33. The number of methoxy groups -OCH3 is 1. The number of hydrogen-bond acceptors (Lipinski definition) is 10. The molecule has 0 aliphatic carbocycles. The number of fused-ring (bicyclic) bond motifs is 2. The average molecular weight is 488 g/mol. The Bertz CT molecular complexity index is 1010. The van der Waals surface area contributed by atoms with Gasteiger partial charge >= 0.3 is 5.97 Å². The highest BCUT2D eigenvalue weighted by Gasteiger charge is 2.48. The van der Waals surface area contributed by atoms with E-state index in [0.717, 1.165) is 42.5 Å². The molecule has 2 aromatic heterocycles. The van der Waals surface area contributed by atoms with E-state index in [0.29, 0.717) is 38.7 Å². The van der Waals surface area contributed by atoms with E-state index < -0.39 is 5.97 Å². The summed E-state index contributed by atoms with van der Waals surface area (Å²) in [6.45, 7) is 5.86. The van der Waals surface area contributed by atoms with Gasteiger partial charge in [0, 0.05) is 31.8 Å². The first-order valence-electron chi connectivity index (χ1n) is 12.3. The molecule has 3 aliphatic heterocycles. The van der Waals surface area contributed by atoms with E-state index in [1.807, 2.05) is 12.3 Å². The molecule has 10 nitrogen and oxygen atoms in total. The number of ether oxygens (including phenoxy) is 6. The van der Waals surface area contributed by atoms with Gasteiger partial charge < -0.3 is 33.3 Å². The predicted octanol–water partition coefficient (Wildman–Crippen LogP) is 1.99. The van der Waals surface area contributed by atoms with Crippen LogP contribution in [-0.4, -0.2) is 99.7 Å². The first-order valence-corrected chi connectivity index (χ1v) is 12.3. The van der Waals surface area contributed by atoms with Crippen molar-refractivity contribution in [3.05, 3.63) is 30.2 Å².